The van der Waals surface area contributed by atoms with Crippen LogP contribution in [0.4, 0.5) is 0 Å². The number of hydrogen-bond acceptors (Lipinski definition) is 8. The number of H-pyrrole nitrogens is 1. The molecule has 35 heavy (non-hydrogen) atoms. The van der Waals surface area contributed by atoms with Gasteiger partial charge in [-0.05, 0) is 37.4 Å². The molecule has 1 aromatic carbocycles. The Balaban J connectivity index is 1.59. The van der Waals surface area contributed by atoms with Crippen LogP contribution in [0.2, 0.25) is 0 Å². The third-order valence-corrected chi connectivity index (χ3v) is 8.17. The Morgan fingerprint density at radius 1 is 1.26 bits per heavy atom. The fourth-order valence-corrected chi connectivity index (χ4v) is 6.09. The average molecular weight is 506 g/mol. The van der Waals surface area contributed by atoms with Gasteiger partial charge in [-0.15, -0.1) is 0 Å². The minimum absolute atomic E-state index is 0.367. The quantitative estimate of drug-likeness (QED) is 0.238. The largest absolute Gasteiger partial charge is 0.461 e. The number of hydrogen-bond donors (Lipinski definition) is 2. The van der Waals surface area contributed by atoms with Crippen molar-refractivity contribution in [2.45, 2.75) is 50.2 Å². The number of aliphatic hydroxyl groups excluding tert-OH is 1. The van der Waals surface area contributed by atoms with E-state index >= 15 is 0 Å². The molecule has 0 aliphatic carbocycles. The summed E-state index contributed by atoms with van der Waals surface area (Å²) in [7, 11) is -3.84. The molecular formula is C21H27N6O7P. The highest BCUT2D eigenvalue weighted by Crippen LogP contribution is 2.54. The summed E-state index contributed by atoms with van der Waals surface area (Å²) in [6.07, 6.45) is 0.0630. The van der Waals surface area contributed by atoms with E-state index in [1.807, 2.05) is 0 Å². The molecule has 0 bridgehead atoms. The van der Waals surface area contributed by atoms with E-state index in [9.17, 15) is 19.3 Å². The van der Waals surface area contributed by atoms with Gasteiger partial charge in [-0.3, -0.25) is 18.9 Å². The van der Waals surface area contributed by atoms with Gasteiger partial charge in [0.2, 0.25) is 0 Å². The van der Waals surface area contributed by atoms with E-state index in [2.05, 4.69) is 15.0 Å². The van der Waals surface area contributed by atoms with E-state index in [1.54, 1.807) is 35.0 Å². The summed E-state index contributed by atoms with van der Waals surface area (Å²) in [5.41, 5.74) is 6.07. The first-order chi connectivity index (χ1) is 16.8. The second-order valence-electron chi connectivity index (χ2n) is 8.59. The number of nitrogens with zero attached hydrogens (tertiary/aromatic N) is 5. The van der Waals surface area contributed by atoms with Gasteiger partial charge in [0.05, 0.1) is 12.7 Å². The Kier molecular flexibility index (Phi) is 7.46. The van der Waals surface area contributed by atoms with Crippen molar-refractivity contribution in [3.63, 3.8) is 0 Å². The molecule has 13 nitrogen and oxygen atoms in total. The highest BCUT2D eigenvalue weighted by Gasteiger charge is 2.55. The maximum Gasteiger partial charge on any atom is 0.461 e. The van der Waals surface area contributed by atoms with Gasteiger partial charge in [0, 0.05) is 30.3 Å². The lowest BCUT2D eigenvalue weighted by atomic mass is 9.93. The van der Waals surface area contributed by atoms with E-state index in [0.29, 0.717) is 18.8 Å². The standard InChI is InChI=1S/C21H27N6O7P/c1-21(24-25-22)18(29)16(33-19(21)27-13-10-17(28)23-20(27)30)14-32-35(31,26-11-6-3-7-12-26)34-15-8-4-2-5-9-15/h2,4-5,8-10,13,16,18-19,29H,3,6-7,11-12,14H2,1H3,(H,23,28,30)/t16-,18-,19?,21-,35?/m1/s1. The van der Waals surface area contributed by atoms with Gasteiger partial charge in [0.25, 0.3) is 5.56 Å². The third kappa shape index (κ3) is 5.20. The first-order valence-corrected chi connectivity index (χ1v) is 12.7. The van der Waals surface area contributed by atoms with Crippen molar-refractivity contribution in [3.05, 3.63) is 73.9 Å². The van der Waals surface area contributed by atoms with Gasteiger partial charge < -0.3 is 14.4 Å². The minimum atomic E-state index is -3.84. The molecule has 2 N–H and O–H groups in total. The summed E-state index contributed by atoms with van der Waals surface area (Å²) < 4.78 is 34.1. The van der Waals surface area contributed by atoms with Gasteiger partial charge >= 0.3 is 13.4 Å². The van der Waals surface area contributed by atoms with Crippen LogP contribution in [0.15, 0.2) is 57.3 Å². The molecule has 0 amide bonds. The third-order valence-electron chi connectivity index (χ3n) is 6.16. The van der Waals surface area contributed by atoms with Crippen LogP contribution in [0.1, 0.15) is 32.4 Å². The Morgan fingerprint density at radius 2 is 1.97 bits per heavy atom. The van der Waals surface area contributed by atoms with Crippen molar-refractivity contribution in [2.24, 2.45) is 5.11 Å². The van der Waals surface area contributed by atoms with Crippen molar-refractivity contribution in [1.82, 2.24) is 14.2 Å². The average Bonchev–Trinajstić information content (AvgIpc) is 3.09. The van der Waals surface area contributed by atoms with Crippen molar-refractivity contribution < 1.29 is 23.5 Å². The molecule has 2 saturated heterocycles. The predicted molar refractivity (Wildman–Crippen MR) is 125 cm³/mol. The molecule has 2 aromatic rings. The number of para-hydroxylation sites is 1. The zero-order chi connectivity index (χ0) is 25.1. The second kappa shape index (κ2) is 10.4. The van der Waals surface area contributed by atoms with Crippen molar-refractivity contribution >= 4 is 7.75 Å². The molecule has 2 unspecified atom stereocenters. The summed E-state index contributed by atoms with van der Waals surface area (Å²) >= 11 is 0. The summed E-state index contributed by atoms with van der Waals surface area (Å²) in [6.45, 7) is 2.09. The number of aliphatic hydroxyl groups is 1. The van der Waals surface area contributed by atoms with Crippen LogP contribution in [-0.4, -0.2) is 56.8 Å². The van der Waals surface area contributed by atoms with Crippen LogP contribution in [-0.2, 0) is 13.8 Å². The minimum Gasteiger partial charge on any atom is -0.413 e. The SMILES string of the molecule is C[C@]1(N=[N+]=[N-])C(n2ccc(=O)[nH]c2=O)O[C@H](COP(=O)(Oc2ccccc2)N2CCCCC2)[C@H]1O. The summed E-state index contributed by atoms with van der Waals surface area (Å²) in [6, 6.07) is 9.74. The smallest absolute Gasteiger partial charge is 0.413 e. The zero-order valence-corrected chi connectivity index (χ0v) is 20.0. The first-order valence-electron chi connectivity index (χ1n) is 11.2. The van der Waals surface area contributed by atoms with Crippen LogP contribution in [0.3, 0.4) is 0 Å². The lowest BCUT2D eigenvalue weighted by Crippen LogP contribution is -2.45. The van der Waals surface area contributed by atoms with E-state index in [1.165, 1.54) is 13.1 Å². The van der Waals surface area contributed by atoms with E-state index in [-0.39, 0.29) is 6.61 Å². The molecule has 1 aromatic heterocycles. The van der Waals surface area contributed by atoms with Crippen LogP contribution in [0.5, 0.6) is 5.75 Å². The monoisotopic (exact) mass is 506 g/mol. The molecule has 2 aliphatic rings. The van der Waals surface area contributed by atoms with Crippen molar-refractivity contribution in [2.75, 3.05) is 19.7 Å². The van der Waals surface area contributed by atoms with Gasteiger partial charge in [-0.1, -0.05) is 29.7 Å². The van der Waals surface area contributed by atoms with Crippen LogP contribution >= 0.6 is 7.75 Å². The maximum atomic E-state index is 13.9. The summed E-state index contributed by atoms with van der Waals surface area (Å²) in [4.78, 5) is 28.8. The number of benzene rings is 1. The van der Waals surface area contributed by atoms with Crippen LogP contribution in [0.25, 0.3) is 10.4 Å². The van der Waals surface area contributed by atoms with Gasteiger partial charge in [-0.25, -0.2) is 9.36 Å². The van der Waals surface area contributed by atoms with E-state index in [0.717, 1.165) is 29.9 Å². The Morgan fingerprint density at radius 3 is 2.63 bits per heavy atom. The van der Waals surface area contributed by atoms with Crippen LogP contribution in [0, 0.1) is 0 Å². The van der Waals surface area contributed by atoms with Crippen molar-refractivity contribution in [1.29, 1.82) is 0 Å². The van der Waals surface area contributed by atoms with Gasteiger partial charge in [0.1, 0.15) is 17.4 Å². The molecule has 188 valence electrons. The van der Waals surface area contributed by atoms with E-state index < -0.39 is 43.0 Å². The molecule has 5 atom stereocenters. The first kappa shape index (κ1) is 25.2. The van der Waals surface area contributed by atoms with E-state index in [4.69, 9.17) is 19.3 Å². The molecule has 4 rings (SSSR count). The topological polar surface area (TPSA) is 172 Å². The predicted octanol–water partition coefficient (Wildman–Crippen LogP) is 2.55. The maximum absolute atomic E-state index is 13.9. The van der Waals surface area contributed by atoms with Gasteiger partial charge in [0.15, 0.2) is 6.23 Å². The Labute approximate surface area is 200 Å². The van der Waals surface area contributed by atoms with Crippen LogP contribution < -0.4 is 15.8 Å². The molecule has 2 fully saturated rings. The highest BCUT2D eigenvalue weighted by atomic mass is 31.2. The second-order valence-corrected chi connectivity index (χ2v) is 10.5. The molecule has 3 heterocycles. The summed E-state index contributed by atoms with van der Waals surface area (Å²) in [5, 5.41) is 14.7. The van der Waals surface area contributed by atoms with Crippen molar-refractivity contribution in [3.8, 4) is 5.75 Å². The molecule has 0 spiro atoms. The number of piperidine rings is 1. The van der Waals surface area contributed by atoms with Gasteiger partial charge in [-0.2, -0.15) is 4.67 Å². The number of aromatic amines is 1. The molecule has 2 aliphatic heterocycles. The number of nitrogens with one attached hydrogen (secondary N) is 1. The normalized spacial score (nSPS) is 28.7. The lowest BCUT2D eigenvalue weighted by Gasteiger charge is -2.33. The molecular weight excluding hydrogens is 479 g/mol. The number of aromatic nitrogens is 2. The zero-order valence-electron chi connectivity index (χ0n) is 19.1. The number of ether oxygens (including phenoxy) is 1. The molecule has 0 saturated carbocycles. The molecule has 0 radical (unpaired) electrons. The fourth-order valence-electron chi connectivity index (χ4n) is 4.26. The fraction of sp³-hybridized carbons (Fsp3) is 0.524. The highest BCUT2D eigenvalue weighted by molar-refractivity contribution is 7.51. The number of rotatable bonds is 8. The Bertz CT molecular complexity index is 1240. The Hall–Kier alpha value is -2.92. The summed E-state index contributed by atoms with van der Waals surface area (Å²) in [5.74, 6) is 0.367. The molecule has 14 heteroatoms. The lowest BCUT2D eigenvalue weighted by molar-refractivity contribution is -0.0470. The number of azide groups is 1.